The Kier molecular flexibility index (Phi) is 9.04. The highest BCUT2D eigenvalue weighted by Crippen LogP contribution is 2.32. The van der Waals surface area contributed by atoms with E-state index in [2.05, 4.69) is 10.8 Å². The van der Waals surface area contributed by atoms with Gasteiger partial charge in [0.2, 0.25) is 11.8 Å². The summed E-state index contributed by atoms with van der Waals surface area (Å²) in [5.74, 6) is -0.723. The molecule has 34 heavy (non-hydrogen) atoms. The van der Waals surface area contributed by atoms with Crippen molar-refractivity contribution in [1.82, 2.24) is 15.7 Å². The van der Waals surface area contributed by atoms with Crippen LogP contribution in [0.5, 0.6) is 0 Å². The zero-order valence-electron chi connectivity index (χ0n) is 19.3. The molecule has 0 radical (unpaired) electrons. The lowest BCUT2D eigenvalue weighted by Gasteiger charge is -2.40. The number of nitrogens with one attached hydrogen (secondary N) is 2. The Morgan fingerprint density at radius 1 is 1.03 bits per heavy atom. The molecule has 0 atom stereocenters. The standard InChI is InChI=1S/C25H31ClN4O4/c1-2-18-3-7-20(8-4-18)23(32)29-34-17-25(11-13-30(14-12-25)22(31)15-27)24(33)28-16-19-5-9-21(26)10-6-19/h3-10H,2,11-17,27H2,1H3,(H,28,33)(H,29,32). The van der Waals surface area contributed by atoms with Crippen molar-refractivity contribution in [2.75, 3.05) is 26.2 Å². The van der Waals surface area contributed by atoms with E-state index in [0.717, 1.165) is 17.5 Å². The third-order valence-electron chi connectivity index (χ3n) is 6.23. The number of hydroxylamine groups is 1. The molecule has 182 valence electrons. The first-order valence-corrected chi connectivity index (χ1v) is 11.8. The van der Waals surface area contributed by atoms with Gasteiger partial charge < -0.3 is 16.0 Å². The number of nitrogens with two attached hydrogens (primary N) is 1. The molecule has 1 aliphatic heterocycles. The number of halogens is 1. The normalized spacial score (nSPS) is 15.0. The number of carbonyl (C=O) groups is 3. The molecule has 3 amide bonds. The van der Waals surface area contributed by atoms with E-state index >= 15 is 0 Å². The van der Waals surface area contributed by atoms with E-state index in [-0.39, 0.29) is 30.9 Å². The average molecular weight is 487 g/mol. The highest BCUT2D eigenvalue weighted by molar-refractivity contribution is 6.30. The fourth-order valence-corrected chi connectivity index (χ4v) is 4.04. The quantitative estimate of drug-likeness (QED) is 0.471. The van der Waals surface area contributed by atoms with Gasteiger partial charge in [-0.15, -0.1) is 0 Å². The molecule has 0 saturated carbocycles. The molecule has 2 aromatic rings. The van der Waals surface area contributed by atoms with Crippen LogP contribution in [0, 0.1) is 5.41 Å². The maximum atomic E-state index is 13.3. The molecule has 1 aliphatic rings. The molecular formula is C25H31ClN4O4. The second kappa shape index (κ2) is 12.0. The van der Waals surface area contributed by atoms with Crippen molar-refractivity contribution in [1.29, 1.82) is 0 Å². The minimum Gasteiger partial charge on any atom is -0.351 e. The lowest BCUT2D eigenvalue weighted by molar-refractivity contribution is -0.145. The Bertz CT molecular complexity index is 987. The summed E-state index contributed by atoms with van der Waals surface area (Å²) < 4.78 is 0. The Morgan fingerprint density at radius 3 is 2.24 bits per heavy atom. The van der Waals surface area contributed by atoms with Gasteiger partial charge in [0, 0.05) is 30.2 Å². The molecule has 9 heteroatoms. The van der Waals surface area contributed by atoms with Crippen molar-refractivity contribution < 1.29 is 19.2 Å². The lowest BCUT2D eigenvalue weighted by atomic mass is 9.78. The van der Waals surface area contributed by atoms with Crippen LogP contribution in [0.1, 0.15) is 41.3 Å². The van der Waals surface area contributed by atoms with Crippen molar-refractivity contribution in [2.45, 2.75) is 32.7 Å². The van der Waals surface area contributed by atoms with Gasteiger partial charge in [0.1, 0.15) is 0 Å². The Hall–Kier alpha value is -2.94. The van der Waals surface area contributed by atoms with Gasteiger partial charge >= 0.3 is 0 Å². The molecule has 0 unspecified atom stereocenters. The second-order valence-corrected chi connectivity index (χ2v) is 8.88. The smallest absolute Gasteiger partial charge is 0.274 e. The van der Waals surface area contributed by atoms with Gasteiger partial charge in [-0.2, -0.15) is 0 Å². The summed E-state index contributed by atoms with van der Waals surface area (Å²) in [4.78, 5) is 44.9. The van der Waals surface area contributed by atoms with Gasteiger partial charge in [0.05, 0.1) is 18.6 Å². The highest BCUT2D eigenvalue weighted by Gasteiger charge is 2.42. The largest absolute Gasteiger partial charge is 0.351 e. The SMILES string of the molecule is CCc1ccc(C(=O)NOCC2(C(=O)NCc3ccc(Cl)cc3)CCN(C(=O)CN)CC2)cc1. The van der Waals surface area contributed by atoms with E-state index in [1.165, 1.54) is 0 Å². The molecule has 2 aromatic carbocycles. The molecule has 4 N–H and O–H groups in total. The number of benzene rings is 2. The number of likely N-dealkylation sites (tertiary alicyclic amines) is 1. The van der Waals surface area contributed by atoms with Crippen LogP contribution in [-0.4, -0.2) is 48.9 Å². The van der Waals surface area contributed by atoms with Crippen LogP contribution in [0.2, 0.25) is 5.02 Å². The molecular weight excluding hydrogens is 456 g/mol. The van der Waals surface area contributed by atoms with Gasteiger partial charge in [0.25, 0.3) is 5.91 Å². The van der Waals surface area contributed by atoms with Crippen LogP contribution in [0.25, 0.3) is 0 Å². The van der Waals surface area contributed by atoms with Crippen LogP contribution in [0.4, 0.5) is 0 Å². The number of piperidine rings is 1. The molecule has 3 rings (SSSR count). The second-order valence-electron chi connectivity index (χ2n) is 8.44. The van der Waals surface area contributed by atoms with E-state index in [0.29, 0.717) is 43.1 Å². The molecule has 0 spiro atoms. The summed E-state index contributed by atoms with van der Waals surface area (Å²) in [7, 11) is 0. The number of hydrogen-bond donors (Lipinski definition) is 3. The molecule has 0 aromatic heterocycles. The third kappa shape index (κ3) is 6.56. The minimum atomic E-state index is -0.892. The fourth-order valence-electron chi connectivity index (χ4n) is 3.91. The minimum absolute atomic E-state index is 0.0110. The number of hydrogen-bond acceptors (Lipinski definition) is 5. The number of rotatable bonds is 9. The molecule has 8 nitrogen and oxygen atoms in total. The topological polar surface area (TPSA) is 114 Å². The Morgan fingerprint density at radius 2 is 1.65 bits per heavy atom. The van der Waals surface area contributed by atoms with Crippen molar-refractivity contribution in [3.05, 3.63) is 70.2 Å². The maximum Gasteiger partial charge on any atom is 0.274 e. The van der Waals surface area contributed by atoms with Crippen LogP contribution in [0.15, 0.2) is 48.5 Å². The van der Waals surface area contributed by atoms with Crippen molar-refractivity contribution in [3.63, 3.8) is 0 Å². The summed E-state index contributed by atoms with van der Waals surface area (Å²) in [6.45, 7) is 3.07. The fraction of sp³-hybridized carbons (Fsp3) is 0.400. The molecule has 0 bridgehead atoms. The van der Waals surface area contributed by atoms with Crippen LogP contribution < -0.4 is 16.5 Å². The Labute approximate surface area is 204 Å². The summed E-state index contributed by atoms with van der Waals surface area (Å²) in [6, 6.07) is 14.5. The van der Waals surface area contributed by atoms with E-state index in [4.69, 9.17) is 22.2 Å². The summed E-state index contributed by atoms with van der Waals surface area (Å²) in [6.07, 6.45) is 1.67. The van der Waals surface area contributed by atoms with Crippen molar-refractivity contribution in [2.24, 2.45) is 11.1 Å². The van der Waals surface area contributed by atoms with E-state index in [9.17, 15) is 14.4 Å². The summed E-state index contributed by atoms with van der Waals surface area (Å²) in [5.41, 5.74) is 9.57. The van der Waals surface area contributed by atoms with Crippen molar-refractivity contribution >= 4 is 29.3 Å². The van der Waals surface area contributed by atoms with E-state index in [1.54, 1.807) is 29.2 Å². The average Bonchev–Trinajstić information content (AvgIpc) is 2.88. The summed E-state index contributed by atoms with van der Waals surface area (Å²) >= 11 is 5.93. The predicted molar refractivity (Wildman–Crippen MR) is 130 cm³/mol. The number of nitrogens with zero attached hydrogens (tertiary/aromatic N) is 1. The number of amides is 3. The third-order valence-corrected chi connectivity index (χ3v) is 6.49. The first-order valence-electron chi connectivity index (χ1n) is 11.4. The lowest BCUT2D eigenvalue weighted by Crippen LogP contribution is -2.53. The van der Waals surface area contributed by atoms with Crippen LogP contribution in [-0.2, 0) is 27.4 Å². The molecule has 0 aliphatic carbocycles. The first-order chi connectivity index (χ1) is 16.4. The van der Waals surface area contributed by atoms with Crippen LogP contribution in [0.3, 0.4) is 0 Å². The van der Waals surface area contributed by atoms with Gasteiger partial charge in [-0.1, -0.05) is 42.8 Å². The molecule has 1 heterocycles. The summed E-state index contributed by atoms with van der Waals surface area (Å²) in [5, 5.41) is 3.59. The van der Waals surface area contributed by atoms with Gasteiger partial charge in [-0.3, -0.25) is 19.2 Å². The monoisotopic (exact) mass is 486 g/mol. The maximum absolute atomic E-state index is 13.3. The number of aryl methyl sites for hydroxylation is 1. The molecule has 1 saturated heterocycles. The number of carbonyl (C=O) groups excluding carboxylic acids is 3. The van der Waals surface area contributed by atoms with Gasteiger partial charge in [-0.05, 0) is 54.7 Å². The van der Waals surface area contributed by atoms with Gasteiger partial charge in [-0.25, -0.2) is 5.48 Å². The molecule has 1 fully saturated rings. The van der Waals surface area contributed by atoms with E-state index < -0.39 is 5.41 Å². The first kappa shape index (κ1) is 25.7. The Balaban J connectivity index is 1.63. The predicted octanol–water partition coefficient (Wildman–Crippen LogP) is 2.45. The van der Waals surface area contributed by atoms with E-state index in [1.807, 2.05) is 31.2 Å². The zero-order valence-corrected chi connectivity index (χ0v) is 20.1. The van der Waals surface area contributed by atoms with Gasteiger partial charge in [0.15, 0.2) is 0 Å². The zero-order chi connectivity index (χ0) is 24.6. The van der Waals surface area contributed by atoms with Crippen LogP contribution >= 0.6 is 11.6 Å². The highest BCUT2D eigenvalue weighted by atomic mass is 35.5. The van der Waals surface area contributed by atoms with Crippen molar-refractivity contribution in [3.8, 4) is 0 Å².